The van der Waals surface area contributed by atoms with Gasteiger partial charge in [0.2, 0.25) is 18.7 Å². The SMILES string of the molecule is CNC=O.COC(=O)C(C)CNCc1ccc(C)cc1.Cc1ccc(Oc2ccc(N=CNC=O)cc2)nc1. The Labute approximate surface area is 229 Å². The molecule has 39 heavy (non-hydrogen) atoms. The molecule has 10 heteroatoms. The summed E-state index contributed by atoms with van der Waals surface area (Å²) < 4.78 is 10.2. The van der Waals surface area contributed by atoms with Gasteiger partial charge in [0.15, 0.2) is 0 Å². The van der Waals surface area contributed by atoms with E-state index in [9.17, 15) is 9.59 Å². The van der Waals surface area contributed by atoms with Crippen molar-refractivity contribution in [3.8, 4) is 11.6 Å². The smallest absolute Gasteiger partial charge is 0.309 e. The number of ether oxygens (including phenoxy) is 2. The summed E-state index contributed by atoms with van der Waals surface area (Å²) in [5, 5.41) is 7.83. The Morgan fingerprint density at radius 2 is 1.62 bits per heavy atom. The highest BCUT2D eigenvalue weighted by molar-refractivity contribution is 5.74. The molecule has 3 rings (SSSR count). The minimum atomic E-state index is -0.170. The first kappa shape index (κ1) is 32.5. The van der Waals surface area contributed by atoms with Gasteiger partial charge in [-0.15, -0.1) is 0 Å². The number of nitrogens with one attached hydrogen (secondary N) is 3. The van der Waals surface area contributed by atoms with Crippen LogP contribution < -0.4 is 20.7 Å². The van der Waals surface area contributed by atoms with Gasteiger partial charge in [-0.05, 0) is 49.2 Å². The highest BCUT2D eigenvalue weighted by Crippen LogP contribution is 2.22. The van der Waals surface area contributed by atoms with Gasteiger partial charge in [0.05, 0.1) is 25.1 Å². The predicted molar refractivity (Wildman–Crippen MR) is 152 cm³/mol. The molecular formula is C29H37N5O5. The van der Waals surface area contributed by atoms with Crippen molar-refractivity contribution in [2.24, 2.45) is 10.9 Å². The van der Waals surface area contributed by atoms with E-state index in [-0.39, 0.29) is 11.9 Å². The Kier molecular flexibility index (Phi) is 16.3. The van der Waals surface area contributed by atoms with Gasteiger partial charge in [0.1, 0.15) is 5.75 Å². The standard InChI is InChI=1S/C14H13N3O2.C13H19NO2.C2H5NO/c1-11-2-7-14(16-8-11)19-13-5-3-12(4-6-13)17-9-15-10-18;1-10-4-6-12(7-5-10)9-14-8-11(2)13(15)16-3;1-3-2-4/h2-10H,1H3,(H,15,17,18);4-7,11,14H,8-9H2,1-3H3;2H,1H3,(H,3,4). The minimum absolute atomic E-state index is 0.101. The summed E-state index contributed by atoms with van der Waals surface area (Å²) in [6, 6.07) is 19.2. The summed E-state index contributed by atoms with van der Waals surface area (Å²) in [6.07, 6.45) is 4.26. The highest BCUT2D eigenvalue weighted by Gasteiger charge is 2.11. The second kappa shape index (κ2) is 19.5. The second-order valence-electron chi connectivity index (χ2n) is 8.26. The Balaban J connectivity index is 0.000000347. The van der Waals surface area contributed by atoms with Crippen molar-refractivity contribution in [2.45, 2.75) is 27.3 Å². The van der Waals surface area contributed by atoms with Crippen molar-refractivity contribution in [3.63, 3.8) is 0 Å². The largest absolute Gasteiger partial charge is 0.469 e. The average molecular weight is 536 g/mol. The molecule has 1 heterocycles. The topological polar surface area (TPSA) is 131 Å². The average Bonchev–Trinajstić information content (AvgIpc) is 2.96. The van der Waals surface area contributed by atoms with Crippen molar-refractivity contribution >= 4 is 30.8 Å². The maximum Gasteiger partial charge on any atom is 0.309 e. The van der Waals surface area contributed by atoms with Crippen molar-refractivity contribution in [1.29, 1.82) is 0 Å². The van der Waals surface area contributed by atoms with Gasteiger partial charge in [-0.3, -0.25) is 14.4 Å². The third kappa shape index (κ3) is 14.7. The maximum atomic E-state index is 11.1. The Morgan fingerprint density at radius 1 is 0.974 bits per heavy atom. The lowest BCUT2D eigenvalue weighted by atomic mass is 10.1. The molecule has 3 N–H and O–H groups in total. The number of pyridine rings is 1. The number of amides is 2. The minimum Gasteiger partial charge on any atom is -0.469 e. The molecule has 1 unspecified atom stereocenters. The molecule has 1 aromatic heterocycles. The zero-order valence-corrected chi connectivity index (χ0v) is 23.0. The van der Waals surface area contributed by atoms with Gasteiger partial charge in [-0.25, -0.2) is 9.98 Å². The molecule has 0 fully saturated rings. The van der Waals surface area contributed by atoms with Gasteiger partial charge in [-0.1, -0.05) is 42.8 Å². The quantitative estimate of drug-likeness (QED) is 0.147. The van der Waals surface area contributed by atoms with Crippen LogP contribution in [0.25, 0.3) is 0 Å². The molecule has 208 valence electrons. The lowest BCUT2D eigenvalue weighted by Crippen LogP contribution is -2.26. The fraction of sp³-hybridized carbons (Fsp3) is 0.276. The number of esters is 1. The summed E-state index contributed by atoms with van der Waals surface area (Å²) in [6.45, 7) is 7.31. The molecule has 10 nitrogen and oxygen atoms in total. The zero-order valence-electron chi connectivity index (χ0n) is 23.0. The number of aromatic nitrogens is 1. The monoisotopic (exact) mass is 535 g/mol. The van der Waals surface area contributed by atoms with E-state index in [1.807, 2.05) is 26.0 Å². The van der Waals surface area contributed by atoms with Crippen molar-refractivity contribution in [2.75, 3.05) is 20.7 Å². The summed E-state index contributed by atoms with van der Waals surface area (Å²) in [5.74, 6) is 0.954. The number of aryl methyl sites for hydroxylation is 2. The lowest BCUT2D eigenvalue weighted by Gasteiger charge is -2.10. The molecule has 0 bridgehead atoms. The predicted octanol–water partition coefficient (Wildman–Crippen LogP) is 3.84. The number of nitrogens with zero attached hydrogens (tertiary/aromatic N) is 2. The molecule has 0 radical (unpaired) electrons. The van der Waals surface area contributed by atoms with E-state index in [2.05, 4.69) is 61.9 Å². The molecule has 0 saturated heterocycles. The number of carbonyl (C=O) groups excluding carboxylic acids is 3. The van der Waals surface area contributed by atoms with Crippen LogP contribution in [0.1, 0.15) is 23.6 Å². The number of hydrogen-bond acceptors (Lipinski definition) is 8. The molecule has 2 aromatic carbocycles. The molecule has 1 atom stereocenters. The van der Waals surface area contributed by atoms with Crippen LogP contribution in [0, 0.1) is 19.8 Å². The van der Waals surface area contributed by atoms with Gasteiger partial charge >= 0.3 is 5.97 Å². The van der Waals surface area contributed by atoms with Crippen LogP contribution in [0.2, 0.25) is 0 Å². The highest BCUT2D eigenvalue weighted by atomic mass is 16.5. The van der Waals surface area contributed by atoms with E-state index < -0.39 is 0 Å². The third-order valence-electron chi connectivity index (χ3n) is 4.92. The molecule has 2 amide bonds. The molecule has 0 aliphatic heterocycles. The Bertz CT molecular complexity index is 1130. The number of hydrogen-bond donors (Lipinski definition) is 3. The van der Waals surface area contributed by atoms with Crippen LogP contribution in [0.5, 0.6) is 11.6 Å². The van der Waals surface area contributed by atoms with E-state index in [4.69, 9.17) is 9.53 Å². The van der Waals surface area contributed by atoms with Crippen molar-refractivity contribution in [1.82, 2.24) is 20.9 Å². The summed E-state index contributed by atoms with van der Waals surface area (Å²) in [4.78, 5) is 38.4. The fourth-order valence-corrected chi connectivity index (χ4v) is 2.80. The van der Waals surface area contributed by atoms with E-state index in [0.29, 0.717) is 31.0 Å². The van der Waals surface area contributed by atoms with Gasteiger partial charge in [0.25, 0.3) is 0 Å². The molecule has 0 spiro atoms. The van der Waals surface area contributed by atoms with Crippen LogP contribution in [0.3, 0.4) is 0 Å². The number of aliphatic imine (C=N–C) groups is 1. The fourth-order valence-electron chi connectivity index (χ4n) is 2.80. The summed E-state index contributed by atoms with van der Waals surface area (Å²) in [7, 11) is 2.98. The van der Waals surface area contributed by atoms with Crippen LogP contribution in [-0.4, -0.2) is 50.8 Å². The molecule has 3 aromatic rings. The summed E-state index contributed by atoms with van der Waals surface area (Å²) >= 11 is 0. The molecule has 0 aliphatic carbocycles. The molecular weight excluding hydrogens is 498 g/mol. The second-order valence-corrected chi connectivity index (χ2v) is 8.26. The van der Waals surface area contributed by atoms with Crippen LogP contribution in [0.4, 0.5) is 5.69 Å². The van der Waals surface area contributed by atoms with Gasteiger partial charge in [0, 0.05) is 32.4 Å². The van der Waals surface area contributed by atoms with E-state index in [0.717, 1.165) is 17.8 Å². The third-order valence-corrected chi connectivity index (χ3v) is 4.92. The first-order chi connectivity index (χ1) is 18.8. The first-order valence-corrected chi connectivity index (χ1v) is 12.2. The van der Waals surface area contributed by atoms with E-state index >= 15 is 0 Å². The van der Waals surface area contributed by atoms with Crippen LogP contribution in [-0.2, 0) is 25.7 Å². The number of rotatable bonds is 11. The number of benzene rings is 2. The lowest BCUT2D eigenvalue weighted by molar-refractivity contribution is -0.144. The van der Waals surface area contributed by atoms with Crippen molar-refractivity contribution in [3.05, 3.63) is 83.6 Å². The van der Waals surface area contributed by atoms with Gasteiger partial charge < -0.3 is 25.4 Å². The van der Waals surface area contributed by atoms with E-state index in [1.54, 1.807) is 37.5 Å². The normalized spacial score (nSPS) is 10.6. The van der Waals surface area contributed by atoms with Gasteiger partial charge in [-0.2, -0.15) is 0 Å². The first-order valence-electron chi connectivity index (χ1n) is 12.2. The Morgan fingerprint density at radius 3 is 2.15 bits per heavy atom. The molecule has 0 aliphatic rings. The maximum absolute atomic E-state index is 11.1. The van der Waals surface area contributed by atoms with Crippen LogP contribution >= 0.6 is 0 Å². The number of methoxy groups -OCH3 is 1. The Hall–Kier alpha value is -4.57. The van der Waals surface area contributed by atoms with E-state index in [1.165, 1.54) is 24.6 Å². The van der Waals surface area contributed by atoms with Crippen molar-refractivity contribution < 1.29 is 23.9 Å². The zero-order chi connectivity index (χ0) is 28.9. The summed E-state index contributed by atoms with van der Waals surface area (Å²) in [5.41, 5.74) is 4.28. The number of carbonyl (C=O) groups is 3. The molecule has 0 saturated carbocycles. The van der Waals surface area contributed by atoms with Crippen LogP contribution in [0.15, 0.2) is 71.9 Å².